The van der Waals surface area contributed by atoms with Gasteiger partial charge in [0.2, 0.25) is 11.1 Å². The molecular weight excluding hydrogens is 385 g/mol. The van der Waals surface area contributed by atoms with Crippen LogP contribution < -0.4 is 11.0 Å². The van der Waals surface area contributed by atoms with Crippen LogP contribution in [0.25, 0.3) is 16.7 Å². The van der Waals surface area contributed by atoms with Gasteiger partial charge >= 0.3 is 5.69 Å². The molecule has 0 saturated carbocycles. The minimum absolute atomic E-state index is 0.268. The molecule has 0 aliphatic rings. The number of hydrogen-bond acceptors (Lipinski definition) is 6. The molecule has 4 aromatic rings. The number of carbonyl (C=O) groups is 1. The maximum atomic E-state index is 13.5. The highest BCUT2D eigenvalue weighted by Crippen LogP contribution is 2.24. The van der Waals surface area contributed by atoms with Crippen LogP contribution in [-0.2, 0) is 4.79 Å². The van der Waals surface area contributed by atoms with E-state index in [-0.39, 0.29) is 11.6 Å². The zero-order valence-electron chi connectivity index (χ0n) is 14.5. The number of benzene rings is 2. The molecule has 0 aliphatic heterocycles. The van der Waals surface area contributed by atoms with E-state index in [1.807, 2.05) is 0 Å². The van der Waals surface area contributed by atoms with E-state index in [2.05, 4.69) is 30.8 Å². The van der Waals surface area contributed by atoms with E-state index in [9.17, 15) is 14.0 Å². The predicted molar refractivity (Wildman–Crippen MR) is 102 cm³/mol. The van der Waals surface area contributed by atoms with Crippen LogP contribution in [0.1, 0.15) is 6.92 Å². The first-order valence-corrected chi connectivity index (χ1v) is 9.11. The van der Waals surface area contributed by atoms with Crippen LogP contribution >= 0.6 is 11.8 Å². The van der Waals surface area contributed by atoms with Gasteiger partial charge in [-0.1, -0.05) is 17.8 Å². The fourth-order valence-corrected chi connectivity index (χ4v) is 3.40. The lowest BCUT2D eigenvalue weighted by atomic mass is 10.2. The Hall–Kier alpha value is -3.47. The lowest BCUT2D eigenvalue weighted by Gasteiger charge is -2.12. The molecule has 4 rings (SSSR count). The van der Waals surface area contributed by atoms with E-state index in [0.717, 1.165) is 11.8 Å². The second-order valence-electron chi connectivity index (χ2n) is 5.94. The van der Waals surface area contributed by atoms with Crippen LogP contribution in [0.5, 0.6) is 0 Å². The molecule has 3 N–H and O–H groups in total. The van der Waals surface area contributed by atoms with Crippen LogP contribution in [0.2, 0.25) is 0 Å². The number of thioether (sulfide) groups is 1. The summed E-state index contributed by atoms with van der Waals surface area (Å²) in [6, 6.07) is 10.9. The van der Waals surface area contributed by atoms with Crippen LogP contribution in [-0.4, -0.2) is 41.3 Å². The Morgan fingerprint density at radius 1 is 1.21 bits per heavy atom. The van der Waals surface area contributed by atoms with Crippen LogP contribution in [0.3, 0.4) is 0 Å². The van der Waals surface area contributed by atoms with E-state index in [4.69, 9.17) is 0 Å². The molecule has 2 aromatic heterocycles. The molecule has 0 radical (unpaired) electrons. The normalized spacial score (nSPS) is 12.2. The number of anilines is 1. The summed E-state index contributed by atoms with van der Waals surface area (Å²) in [6.07, 6.45) is 0. The Bertz CT molecular complexity index is 1220. The number of tetrazole rings is 1. The van der Waals surface area contributed by atoms with Gasteiger partial charge in [-0.05, 0) is 53.7 Å². The number of aromatic nitrogens is 6. The molecule has 11 heteroatoms. The predicted octanol–water partition coefficient (Wildman–Crippen LogP) is 2.09. The molecular formula is C17H14FN7O2S. The zero-order chi connectivity index (χ0) is 19.7. The topological polar surface area (TPSA) is 121 Å². The van der Waals surface area contributed by atoms with Crippen LogP contribution in [0.4, 0.5) is 10.1 Å². The lowest BCUT2D eigenvalue weighted by molar-refractivity contribution is -0.115. The number of imidazole rings is 1. The summed E-state index contributed by atoms with van der Waals surface area (Å²) in [6.45, 7) is 1.71. The molecule has 9 nitrogen and oxygen atoms in total. The van der Waals surface area contributed by atoms with Gasteiger partial charge in [-0.2, -0.15) is 4.68 Å². The molecule has 0 saturated heterocycles. The van der Waals surface area contributed by atoms with Gasteiger partial charge in [0.25, 0.3) is 0 Å². The van der Waals surface area contributed by atoms with Crippen molar-refractivity contribution < 1.29 is 9.18 Å². The highest BCUT2D eigenvalue weighted by molar-refractivity contribution is 8.00. The Kier molecular flexibility index (Phi) is 4.65. The van der Waals surface area contributed by atoms with Gasteiger partial charge in [0.05, 0.1) is 22.0 Å². The molecule has 1 amide bonds. The Balaban J connectivity index is 1.49. The molecule has 0 spiro atoms. The summed E-state index contributed by atoms with van der Waals surface area (Å²) >= 11 is 1.14. The highest BCUT2D eigenvalue weighted by Gasteiger charge is 2.20. The van der Waals surface area contributed by atoms with Crippen molar-refractivity contribution in [1.29, 1.82) is 0 Å². The molecule has 0 unspecified atom stereocenters. The molecule has 142 valence electrons. The molecule has 0 aliphatic carbocycles. The maximum Gasteiger partial charge on any atom is 0.323 e. The zero-order valence-corrected chi connectivity index (χ0v) is 15.3. The van der Waals surface area contributed by atoms with Gasteiger partial charge in [0.1, 0.15) is 5.82 Å². The SMILES string of the molecule is C[C@@H](Sc1nnnn1-c1cccc(F)c1)C(=O)Nc1ccc2[nH]c(=O)[nH]c2c1. The van der Waals surface area contributed by atoms with Crippen molar-refractivity contribution in [1.82, 2.24) is 30.2 Å². The average Bonchev–Trinajstić information content (AvgIpc) is 3.26. The van der Waals surface area contributed by atoms with Crippen molar-refractivity contribution in [3.05, 3.63) is 58.8 Å². The summed E-state index contributed by atoms with van der Waals surface area (Å²) in [5, 5.41) is 14.0. The van der Waals surface area contributed by atoms with Gasteiger partial charge in [0.15, 0.2) is 0 Å². The van der Waals surface area contributed by atoms with Crippen molar-refractivity contribution in [3.8, 4) is 5.69 Å². The summed E-state index contributed by atoms with van der Waals surface area (Å²) in [7, 11) is 0. The number of hydrogen-bond donors (Lipinski definition) is 3. The third-order valence-electron chi connectivity index (χ3n) is 3.93. The van der Waals surface area contributed by atoms with Crippen LogP contribution in [0.15, 0.2) is 52.4 Å². The third kappa shape index (κ3) is 3.64. The summed E-state index contributed by atoms with van der Waals surface area (Å²) < 4.78 is 14.8. The van der Waals surface area contributed by atoms with Gasteiger partial charge < -0.3 is 15.3 Å². The summed E-state index contributed by atoms with van der Waals surface area (Å²) in [5.74, 6) is -0.677. The third-order valence-corrected chi connectivity index (χ3v) is 4.96. The number of nitrogens with zero attached hydrogens (tertiary/aromatic N) is 4. The average molecular weight is 399 g/mol. The van der Waals surface area contributed by atoms with E-state index < -0.39 is 11.1 Å². The van der Waals surface area contributed by atoms with Crippen molar-refractivity contribution in [2.75, 3.05) is 5.32 Å². The Morgan fingerprint density at radius 2 is 2.04 bits per heavy atom. The van der Waals surface area contributed by atoms with E-state index in [1.165, 1.54) is 16.8 Å². The number of carbonyl (C=O) groups excluding carboxylic acids is 1. The second-order valence-corrected chi connectivity index (χ2v) is 7.25. The number of aromatic amines is 2. The van der Waals surface area contributed by atoms with Crippen molar-refractivity contribution >= 4 is 34.4 Å². The number of nitrogens with one attached hydrogen (secondary N) is 3. The fourth-order valence-electron chi connectivity index (χ4n) is 2.59. The number of halogens is 1. The molecule has 0 bridgehead atoms. The standard InChI is InChI=1S/C17H14FN7O2S/c1-9(15(26)19-11-5-6-13-14(8-11)21-16(27)20-13)28-17-22-23-24-25(17)12-4-2-3-10(18)7-12/h2-9H,1H3,(H,19,26)(H2,20,21,27)/t9-/m1/s1. The first kappa shape index (κ1) is 17.9. The van der Waals surface area contributed by atoms with Gasteiger partial charge in [-0.15, -0.1) is 5.10 Å². The quantitative estimate of drug-likeness (QED) is 0.442. The smallest absolute Gasteiger partial charge is 0.323 e. The van der Waals surface area contributed by atoms with Crippen LogP contribution in [0, 0.1) is 5.82 Å². The number of H-pyrrole nitrogens is 2. The summed E-state index contributed by atoms with van der Waals surface area (Å²) in [4.78, 5) is 29.1. The maximum absolute atomic E-state index is 13.5. The number of amides is 1. The van der Waals surface area contributed by atoms with E-state index in [0.29, 0.717) is 27.6 Å². The largest absolute Gasteiger partial charge is 0.325 e. The molecule has 0 fully saturated rings. The summed E-state index contributed by atoms with van der Waals surface area (Å²) in [5.41, 5.74) is 1.94. The van der Waals surface area contributed by atoms with E-state index in [1.54, 1.807) is 37.3 Å². The van der Waals surface area contributed by atoms with Crippen molar-refractivity contribution in [3.63, 3.8) is 0 Å². The monoisotopic (exact) mass is 399 g/mol. The number of rotatable bonds is 5. The Labute approximate surface area is 161 Å². The van der Waals surface area contributed by atoms with Crippen molar-refractivity contribution in [2.45, 2.75) is 17.3 Å². The first-order chi connectivity index (χ1) is 13.5. The minimum Gasteiger partial charge on any atom is -0.325 e. The molecule has 2 heterocycles. The molecule has 2 aromatic carbocycles. The fraction of sp³-hybridized carbons (Fsp3) is 0.118. The molecule has 28 heavy (non-hydrogen) atoms. The molecule has 1 atom stereocenters. The van der Waals surface area contributed by atoms with Gasteiger partial charge in [-0.3, -0.25) is 4.79 Å². The first-order valence-electron chi connectivity index (χ1n) is 8.23. The van der Waals surface area contributed by atoms with Gasteiger partial charge in [-0.25, -0.2) is 9.18 Å². The van der Waals surface area contributed by atoms with E-state index >= 15 is 0 Å². The second kappa shape index (κ2) is 7.27. The number of fused-ring (bicyclic) bond motifs is 1. The van der Waals surface area contributed by atoms with Gasteiger partial charge in [0, 0.05) is 5.69 Å². The minimum atomic E-state index is -0.528. The van der Waals surface area contributed by atoms with Crippen molar-refractivity contribution in [2.24, 2.45) is 0 Å². The highest BCUT2D eigenvalue weighted by atomic mass is 32.2. The lowest BCUT2D eigenvalue weighted by Crippen LogP contribution is -2.22. The Morgan fingerprint density at radius 3 is 2.86 bits per heavy atom.